The zero-order chi connectivity index (χ0) is 21.1. The van der Waals surface area contributed by atoms with E-state index in [1.807, 2.05) is 87.0 Å². The molecule has 1 aromatic heterocycles. The van der Waals surface area contributed by atoms with Gasteiger partial charge in [-0.2, -0.15) is 0 Å². The van der Waals surface area contributed by atoms with Crippen molar-refractivity contribution in [3.8, 4) is 0 Å². The highest BCUT2D eigenvalue weighted by molar-refractivity contribution is 7.92. The first-order valence-corrected chi connectivity index (χ1v) is 11.8. The third-order valence-electron chi connectivity index (χ3n) is 5.38. The van der Waals surface area contributed by atoms with E-state index in [-0.39, 0.29) is 5.75 Å². The summed E-state index contributed by atoms with van der Waals surface area (Å²) in [5, 5.41) is 3.31. The van der Waals surface area contributed by atoms with E-state index in [4.69, 9.17) is 0 Å². The summed E-state index contributed by atoms with van der Waals surface area (Å²) in [6.45, 7) is 0.905. The van der Waals surface area contributed by atoms with Crippen molar-refractivity contribution in [1.29, 1.82) is 0 Å². The van der Waals surface area contributed by atoms with E-state index in [0.29, 0.717) is 6.42 Å². The Bertz CT molecular complexity index is 1270. The molecule has 4 rings (SSSR count). The summed E-state index contributed by atoms with van der Waals surface area (Å²) in [5.41, 5.74) is 3.05. The van der Waals surface area contributed by atoms with E-state index in [1.165, 1.54) is 0 Å². The molecule has 0 radical (unpaired) electrons. The fourth-order valence-electron chi connectivity index (χ4n) is 3.82. The average molecular weight is 422 g/mol. The molecule has 0 aliphatic rings. The van der Waals surface area contributed by atoms with Gasteiger partial charge in [-0.3, -0.25) is 4.68 Å². The molecular weight excluding hydrogens is 394 g/mol. The molecule has 0 amide bonds. The van der Waals surface area contributed by atoms with Gasteiger partial charge < -0.3 is 4.90 Å². The van der Waals surface area contributed by atoms with Crippen LogP contribution in [0.2, 0.25) is 0 Å². The van der Waals surface area contributed by atoms with Gasteiger partial charge in [0.2, 0.25) is 10.0 Å². The van der Waals surface area contributed by atoms with Gasteiger partial charge in [-0.1, -0.05) is 60.7 Å². The predicted octanol–water partition coefficient (Wildman–Crippen LogP) is 4.01. The largest absolute Gasteiger partial charge is 0.309 e. The Balaban J connectivity index is 1.55. The van der Waals surface area contributed by atoms with Gasteiger partial charge in [-0.15, -0.1) is 0 Å². The molecule has 0 fully saturated rings. The lowest BCUT2D eigenvalue weighted by Gasteiger charge is -2.11. The topological polar surface area (TPSA) is 54.3 Å². The minimum absolute atomic E-state index is 0.0283. The second-order valence-corrected chi connectivity index (χ2v) is 9.71. The maximum absolute atomic E-state index is 12.9. The first-order valence-electron chi connectivity index (χ1n) is 10.1. The fourth-order valence-corrected chi connectivity index (χ4v) is 4.85. The third-order valence-corrected chi connectivity index (χ3v) is 6.60. The Kier molecular flexibility index (Phi) is 5.79. The highest BCUT2D eigenvalue weighted by atomic mass is 32.2. The molecule has 1 heterocycles. The Morgan fingerprint density at radius 3 is 2.33 bits per heavy atom. The average Bonchev–Trinajstić information content (AvgIpc) is 3.08. The SMILES string of the molecule is CN(C)CCc1cn(NS(=O)(=O)CCc2cccc3ccccc23)c2ccccc12. The summed E-state index contributed by atoms with van der Waals surface area (Å²) in [7, 11) is 0.565. The van der Waals surface area contributed by atoms with Crippen LogP contribution in [0.1, 0.15) is 11.1 Å². The maximum Gasteiger partial charge on any atom is 0.246 e. The second-order valence-electron chi connectivity index (χ2n) is 7.89. The molecule has 1 N–H and O–H groups in total. The van der Waals surface area contributed by atoms with Crippen molar-refractivity contribution in [3.63, 3.8) is 0 Å². The predicted molar refractivity (Wildman–Crippen MR) is 125 cm³/mol. The maximum atomic E-state index is 12.9. The second kappa shape index (κ2) is 8.50. The number of rotatable bonds is 8. The van der Waals surface area contributed by atoms with Crippen molar-refractivity contribution in [1.82, 2.24) is 9.58 Å². The number of nitrogens with zero attached hydrogens (tertiary/aromatic N) is 2. The van der Waals surface area contributed by atoms with Gasteiger partial charge in [0.25, 0.3) is 0 Å². The van der Waals surface area contributed by atoms with Gasteiger partial charge in [-0.25, -0.2) is 13.2 Å². The molecule has 0 unspecified atom stereocenters. The third kappa shape index (κ3) is 4.50. The van der Waals surface area contributed by atoms with Crippen molar-refractivity contribution < 1.29 is 8.42 Å². The number of hydrogen-bond acceptors (Lipinski definition) is 3. The van der Waals surface area contributed by atoms with E-state index in [0.717, 1.165) is 45.8 Å². The molecule has 4 aromatic rings. The lowest BCUT2D eigenvalue weighted by atomic mass is 10.0. The number of nitrogens with one attached hydrogen (secondary N) is 1. The molecule has 0 spiro atoms. The number of likely N-dealkylation sites (N-methyl/N-ethyl adjacent to an activating group) is 1. The summed E-state index contributed by atoms with van der Waals surface area (Å²) in [6.07, 6.45) is 3.23. The van der Waals surface area contributed by atoms with E-state index >= 15 is 0 Å². The Morgan fingerprint density at radius 1 is 0.833 bits per heavy atom. The van der Waals surface area contributed by atoms with Crippen molar-refractivity contribution >= 4 is 31.7 Å². The number of sulfonamides is 1. The van der Waals surface area contributed by atoms with Crippen LogP contribution in [0.15, 0.2) is 72.9 Å². The normalized spacial score (nSPS) is 12.1. The van der Waals surface area contributed by atoms with Gasteiger partial charge in [0.15, 0.2) is 0 Å². The molecule has 0 aliphatic heterocycles. The molecule has 0 bridgehead atoms. The van der Waals surface area contributed by atoms with E-state index in [9.17, 15) is 8.42 Å². The molecule has 30 heavy (non-hydrogen) atoms. The van der Waals surface area contributed by atoms with Crippen LogP contribution in [0.25, 0.3) is 21.7 Å². The first kappa shape index (κ1) is 20.4. The van der Waals surface area contributed by atoms with Crippen LogP contribution >= 0.6 is 0 Å². The number of fused-ring (bicyclic) bond motifs is 2. The number of aromatic nitrogens is 1. The molecular formula is C24H27N3O2S. The van der Waals surface area contributed by atoms with Gasteiger partial charge in [0, 0.05) is 18.1 Å². The van der Waals surface area contributed by atoms with E-state index in [1.54, 1.807) is 4.68 Å². The van der Waals surface area contributed by atoms with Crippen LogP contribution in [0.3, 0.4) is 0 Å². The van der Waals surface area contributed by atoms with Crippen molar-refractivity contribution in [2.75, 3.05) is 31.2 Å². The number of para-hydroxylation sites is 1. The number of aryl methyl sites for hydroxylation is 1. The summed E-state index contributed by atoms with van der Waals surface area (Å²) >= 11 is 0. The highest BCUT2D eigenvalue weighted by Crippen LogP contribution is 2.22. The molecule has 5 nitrogen and oxygen atoms in total. The lowest BCUT2D eigenvalue weighted by Crippen LogP contribution is -2.26. The summed E-state index contributed by atoms with van der Waals surface area (Å²) in [5.74, 6) is 0.0283. The molecule has 156 valence electrons. The fraction of sp³-hybridized carbons (Fsp3) is 0.250. The van der Waals surface area contributed by atoms with Crippen LogP contribution in [-0.2, 0) is 22.9 Å². The van der Waals surface area contributed by atoms with E-state index < -0.39 is 10.0 Å². The monoisotopic (exact) mass is 421 g/mol. The van der Waals surface area contributed by atoms with Gasteiger partial charge in [-0.05, 0) is 54.9 Å². The Labute approximate surface area is 178 Å². The van der Waals surface area contributed by atoms with Crippen LogP contribution in [0.4, 0.5) is 0 Å². The van der Waals surface area contributed by atoms with Gasteiger partial charge >= 0.3 is 0 Å². The summed E-state index contributed by atoms with van der Waals surface area (Å²) in [6, 6.07) is 22.0. The van der Waals surface area contributed by atoms with Crippen molar-refractivity contribution in [2.24, 2.45) is 0 Å². The van der Waals surface area contributed by atoms with Gasteiger partial charge in [0.05, 0.1) is 11.3 Å². The Hall–Kier alpha value is -2.83. The highest BCUT2D eigenvalue weighted by Gasteiger charge is 2.15. The molecule has 6 heteroatoms. The van der Waals surface area contributed by atoms with Crippen molar-refractivity contribution in [3.05, 3.63) is 84.1 Å². The number of hydrogen-bond donors (Lipinski definition) is 1. The van der Waals surface area contributed by atoms with Gasteiger partial charge in [0.1, 0.15) is 0 Å². The van der Waals surface area contributed by atoms with Crippen LogP contribution < -0.4 is 4.83 Å². The standard InChI is InChI=1S/C24H27N3O2S/c1-26(2)16-14-21-18-27(24-13-6-5-12-23(21)24)25-30(28,29)17-15-20-10-7-9-19-8-3-4-11-22(19)20/h3-13,18,25H,14-17H2,1-2H3. The van der Waals surface area contributed by atoms with E-state index in [2.05, 4.69) is 9.73 Å². The minimum Gasteiger partial charge on any atom is -0.309 e. The smallest absolute Gasteiger partial charge is 0.246 e. The first-order chi connectivity index (χ1) is 14.4. The zero-order valence-electron chi connectivity index (χ0n) is 17.4. The Morgan fingerprint density at radius 2 is 1.53 bits per heavy atom. The van der Waals surface area contributed by atoms with Crippen molar-refractivity contribution in [2.45, 2.75) is 12.8 Å². The molecule has 0 saturated carbocycles. The lowest BCUT2D eigenvalue weighted by molar-refractivity contribution is 0.414. The van der Waals surface area contributed by atoms with Crippen LogP contribution in [0.5, 0.6) is 0 Å². The molecule has 0 saturated heterocycles. The quantitative estimate of drug-likeness (QED) is 0.468. The summed E-state index contributed by atoms with van der Waals surface area (Å²) < 4.78 is 27.4. The molecule has 0 aliphatic carbocycles. The zero-order valence-corrected chi connectivity index (χ0v) is 18.2. The van der Waals surface area contributed by atoms with Crippen LogP contribution in [-0.4, -0.2) is 44.4 Å². The molecule has 0 atom stereocenters. The summed E-state index contributed by atoms with van der Waals surface area (Å²) in [4.78, 5) is 4.89. The molecule has 3 aromatic carbocycles. The number of benzene rings is 3. The van der Waals surface area contributed by atoms with Crippen LogP contribution in [0, 0.1) is 0 Å². The minimum atomic E-state index is -3.51.